The molecule has 20 heavy (non-hydrogen) atoms. The Bertz CT molecular complexity index is 546. The summed E-state index contributed by atoms with van der Waals surface area (Å²) < 4.78 is 0.497. The van der Waals surface area contributed by atoms with Gasteiger partial charge in [-0.05, 0) is 34.2 Å². The third-order valence-electron chi connectivity index (χ3n) is 3.66. The number of nitro groups is 1. The van der Waals surface area contributed by atoms with E-state index >= 15 is 0 Å². The van der Waals surface area contributed by atoms with E-state index in [1.807, 2.05) is 0 Å². The fourth-order valence-electron chi connectivity index (χ4n) is 2.43. The first-order valence-electron chi connectivity index (χ1n) is 6.17. The first-order valence-corrected chi connectivity index (χ1v) is 6.96. The normalized spacial score (nSPS) is 16.2. The van der Waals surface area contributed by atoms with E-state index in [0.29, 0.717) is 16.7 Å². The summed E-state index contributed by atoms with van der Waals surface area (Å²) in [5.74, 6) is -0.838. The van der Waals surface area contributed by atoms with E-state index < -0.39 is 10.9 Å². The molecule has 0 aromatic carbocycles. The van der Waals surface area contributed by atoms with E-state index in [0.717, 1.165) is 19.3 Å². The van der Waals surface area contributed by atoms with Crippen LogP contribution in [-0.4, -0.2) is 27.5 Å². The number of pyridine rings is 1. The number of carbonyl (C=O) groups is 1. The Hall–Kier alpha value is -1.70. The highest BCUT2D eigenvalue weighted by molar-refractivity contribution is 9.10. The quantitative estimate of drug-likeness (QED) is 0.607. The molecule has 2 rings (SSSR count). The van der Waals surface area contributed by atoms with Crippen LogP contribution in [0.15, 0.2) is 16.9 Å². The molecule has 1 saturated carbocycles. The van der Waals surface area contributed by atoms with Crippen molar-refractivity contribution in [2.24, 2.45) is 5.41 Å². The topological polar surface area (TPSA) is 105 Å². The summed E-state index contributed by atoms with van der Waals surface area (Å²) in [6.45, 7) is 0.406. The molecule has 108 valence electrons. The molecule has 1 aromatic rings. The smallest absolute Gasteiger partial charge is 0.311 e. The molecule has 8 heteroatoms. The van der Waals surface area contributed by atoms with Crippen LogP contribution in [0.4, 0.5) is 11.4 Å². The molecule has 1 aliphatic carbocycles. The minimum absolute atomic E-state index is 0.0799. The van der Waals surface area contributed by atoms with E-state index in [4.69, 9.17) is 5.11 Å². The average molecular weight is 344 g/mol. The fraction of sp³-hybridized carbons (Fsp3) is 0.500. The predicted molar refractivity (Wildman–Crippen MR) is 75.6 cm³/mol. The number of aliphatic carboxylic acids is 1. The molecular formula is C12H14BrN3O4. The van der Waals surface area contributed by atoms with Gasteiger partial charge in [0.2, 0.25) is 0 Å². The van der Waals surface area contributed by atoms with Crippen LogP contribution < -0.4 is 5.32 Å². The summed E-state index contributed by atoms with van der Waals surface area (Å²) in [6.07, 6.45) is 5.37. The number of hydrogen-bond donors (Lipinski definition) is 2. The second-order valence-corrected chi connectivity index (χ2v) is 5.90. The molecule has 0 aliphatic heterocycles. The van der Waals surface area contributed by atoms with Gasteiger partial charge in [0.1, 0.15) is 11.9 Å². The molecular weight excluding hydrogens is 330 g/mol. The zero-order chi connectivity index (χ0) is 14.8. The van der Waals surface area contributed by atoms with Gasteiger partial charge in [0.15, 0.2) is 0 Å². The summed E-state index contributed by atoms with van der Waals surface area (Å²) in [4.78, 5) is 25.1. The highest BCUT2D eigenvalue weighted by Crippen LogP contribution is 2.44. The molecule has 0 spiro atoms. The van der Waals surface area contributed by atoms with E-state index in [1.165, 1.54) is 12.4 Å². The van der Waals surface area contributed by atoms with E-state index in [1.54, 1.807) is 0 Å². The fourth-order valence-corrected chi connectivity index (χ4v) is 2.89. The number of aromatic nitrogens is 1. The highest BCUT2D eigenvalue weighted by atomic mass is 79.9. The second kappa shape index (κ2) is 5.74. The minimum atomic E-state index is -0.838. The van der Waals surface area contributed by atoms with Crippen LogP contribution in [-0.2, 0) is 4.79 Å². The van der Waals surface area contributed by atoms with Gasteiger partial charge in [-0.3, -0.25) is 19.9 Å². The van der Waals surface area contributed by atoms with Gasteiger partial charge >= 0.3 is 11.7 Å². The van der Waals surface area contributed by atoms with Gasteiger partial charge in [-0.2, -0.15) is 0 Å². The third kappa shape index (κ3) is 3.06. The summed E-state index contributed by atoms with van der Waals surface area (Å²) >= 11 is 3.23. The molecule has 0 atom stereocenters. The molecule has 1 aliphatic rings. The standard InChI is InChI=1S/C12H14BrN3O4/c13-8-5-14-6-9(16(19)20)11(8)15-7-12(2-1-3-12)4-10(17)18/h5-6H,1-4,7H2,(H,14,15)(H,17,18). The largest absolute Gasteiger partial charge is 0.481 e. The first kappa shape index (κ1) is 14.7. The van der Waals surface area contributed by atoms with E-state index in [2.05, 4.69) is 26.2 Å². The van der Waals surface area contributed by atoms with Crippen molar-refractivity contribution in [3.8, 4) is 0 Å². The number of carboxylic acid groups (broad SMARTS) is 1. The predicted octanol–water partition coefficient (Wildman–Crippen LogP) is 2.81. The number of nitrogens with one attached hydrogen (secondary N) is 1. The summed E-state index contributed by atoms with van der Waals surface area (Å²) in [6, 6.07) is 0. The van der Waals surface area contributed by atoms with Crippen LogP contribution in [0.2, 0.25) is 0 Å². The zero-order valence-corrected chi connectivity index (χ0v) is 12.2. The van der Waals surface area contributed by atoms with Crippen molar-refractivity contribution in [2.75, 3.05) is 11.9 Å². The molecule has 0 amide bonds. The van der Waals surface area contributed by atoms with Crippen LogP contribution >= 0.6 is 15.9 Å². The lowest BCUT2D eigenvalue weighted by Gasteiger charge is -2.41. The summed E-state index contributed by atoms with van der Waals surface area (Å²) in [5, 5.41) is 22.9. The van der Waals surface area contributed by atoms with E-state index in [-0.39, 0.29) is 17.5 Å². The number of halogens is 1. The molecule has 1 aromatic heterocycles. The molecule has 0 saturated heterocycles. The van der Waals surface area contributed by atoms with Gasteiger partial charge in [0, 0.05) is 12.7 Å². The Morgan fingerprint density at radius 2 is 2.25 bits per heavy atom. The van der Waals surface area contributed by atoms with Crippen molar-refractivity contribution in [3.05, 3.63) is 27.0 Å². The third-order valence-corrected chi connectivity index (χ3v) is 4.26. The lowest BCUT2D eigenvalue weighted by atomic mass is 9.66. The molecule has 0 radical (unpaired) electrons. The summed E-state index contributed by atoms with van der Waals surface area (Å²) in [5.41, 5.74) is -0.0755. The lowest BCUT2D eigenvalue weighted by molar-refractivity contribution is -0.384. The van der Waals surface area contributed by atoms with Crippen molar-refractivity contribution in [2.45, 2.75) is 25.7 Å². The van der Waals surface area contributed by atoms with Gasteiger partial charge in [0.25, 0.3) is 0 Å². The van der Waals surface area contributed by atoms with Crippen molar-refractivity contribution in [1.29, 1.82) is 0 Å². The van der Waals surface area contributed by atoms with Crippen LogP contribution in [0.1, 0.15) is 25.7 Å². The highest BCUT2D eigenvalue weighted by Gasteiger charge is 2.39. The molecule has 7 nitrogen and oxygen atoms in total. The maximum atomic E-state index is 11.0. The van der Waals surface area contributed by atoms with Gasteiger partial charge in [-0.25, -0.2) is 0 Å². The van der Waals surface area contributed by atoms with Crippen molar-refractivity contribution in [1.82, 2.24) is 4.98 Å². The van der Waals surface area contributed by atoms with Crippen LogP contribution in [0.5, 0.6) is 0 Å². The second-order valence-electron chi connectivity index (χ2n) is 5.05. The summed E-state index contributed by atoms with van der Waals surface area (Å²) in [7, 11) is 0. The maximum absolute atomic E-state index is 11.0. The van der Waals surface area contributed by atoms with Gasteiger partial charge < -0.3 is 10.4 Å². The molecule has 0 unspecified atom stereocenters. The Balaban J connectivity index is 2.14. The van der Waals surface area contributed by atoms with Crippen LogP contribution in [0, 0.1) is 15.5 Å². The Kier molecular flexibility index (Phi) is 4.22. The number of anilines is 1. The maximum Gasteiger partial charge on any atom is 0.311 e. The van der Waals surface area contributed by atoms with E-state index in [9.17, 15) is 14.9 Å². The average Bonchev–Trinajstić information content (AvgIpc) is 2.32. The molecule has 2 N–H and O–H groups in total. The first-order chi connectivity index (χ1) is 9.43. The van der Waals surface area contributed by atoms with Crippen LogP contribution in [0.25, 0.3) is 0 Å². The Labute approximate surface area is 123 Å². The number of hydrogen-bond acceptors (Lipinski definition) is 5. The van der Waals surface area contributed by atoms with Gasteiger partial charge in [-0.15, -0.1) is 0 Å². The monoisotopic (exact) mass is 343 g/mol. The van der Waals surface area contributed by atoms with Gasteiger partial charge in [0.05, 0.1) is 15.8 Å². The number of nitrogens with zero attached hydrogens (tertiary/aromatic N) is 2. The van der Waals surface area contributed by atoms with Crippen molar-refractivity contribution >= 4 is 33.3 Å². The number of carboxylic acids is 1. The molecule has 1 heterocycles. The Morgan fingerprint density at radius 3 is 2.75 bits per heavy atom. The Morgan fingerprint density at radius 1 is 1.55 bits per heavy atom. The van der Waals surface area contributed by atoms with Gasteiger partial charge in [-0.1, -0.05) is 6.42 Å². The lowest BCUT2D eigenvalue weighted by Crippen LogP contribution is -2.38. The van der Waals surface area contributed by atoms with Crippen molar-refractivity contribution < 1.29 is 14.8 Å². The molecule has 1 fully saturated rings. The SMILES string of the molecule is O=C(O)CC1(CNc2c(Br)cncc2[N+](=O)[O-])CCC1. The molecule has 0 bridgehead atoms. The zero-order valence-electron chi connectivity index (χ0n) is 10.6. The minimum Gasteiger partial charge on any atom is -0.481 e. The van der Waals surface area contributed by atoms with Crippen molar-refractivity contribution in [3.63, 3.8) is 0 Å². The number of rotatable bonds is 6. The van der Waals surface area contributed by atoms with Crippen LogP contribution in [0.3, 0.4) is 0 Å².